The van der Waals surface area contributed by atoms with E-state index in [1.807, 2.05) is 48.5 Å². The zero-order chi connectivity index (χ0) is 25.5. The van der Waals surface area contributed by atoms with Gasteiger partial charge in [0.15, 0.2) is 0 Å². The molecule has 0 aromatic heterocycles. The Morgan fingerprint density at radius 2 is 1.44 bits per heavy atom. The van der Waals surface area contributed by atoms with E-state index in [1.54, 1.807) is 4.90 Å². The van der Waals surface area contributed by atoms with Gasteiger partial charge in [0.1, 0.15) is 4.90 Å². The molecule has 1 fully saturated rings. The summed E-state index contributed by atoms with van der Waals surface area (Å²) in [5.41, 5.74) is 2.21. The molecule has 0 unspecified atom stereocenters. The van der Waals surface area contributed by atoms with Crippen molar-refractivity contribution in [3.8, 4) is 0 Å². The van der Waals surface area contributed by atoms with Crippen molar-refractivity contribution in [1.29, 1.82) is 0 Å². The summed E-state index contributed by atoms with van der Waals surface area (Å²) in [5, 5.41) is 0.341. The third kappa shape index (κ3) is 6.87. The van der Waals surface area contributed by atoms with Crippen molar-refractivity contribution in [3.63, 3.8) is 0 Å². The van der Waals surface area contributed by atoms with Crippen LogP contribution in [-0.2, 0) is 27.8 Å². The normalized spacial score (nSPS) is 14.8. The van der Waals surface area contributed by atoms with Crippen LogP contribution >= 0.6 is 23.2 Å². The standard InChI is InChI=1S/C27H29Cl2N3O3S/c28-24-11-12-25(29)26(19-24)36(34,35)32(14-13-22-7-3-1-4-8-22)21-27(33)31-17-15-30(16-18-31)20-23-9-5-2-6-10-23/h1-12,19H,13-18,20-21H2. The molecule has 1 heterocycles. The molecular weight excluding hydrogens is 517 g/mol. The lowest BCUT2D eigenvalue weighted by atomic mass is 10.1. The summed E-state index contributed by atoms with van der Waals surface area (Å²) in [4.78, 5) is 17.2. The highest BCUT2D eigenvalue weighted by atomic mass is 35.5. The van der Waals surface area contributed by atoms with Crippen LogP contribution in [0, 0.1) is 0 Å². The number of hydrogen-bond acceptors (Lipinski definition) is 4. The molecule has 0 atom stereocenters. The van der Waals surface area contributed by atoms with Gasteiger partial charge in [-0.3, -0.25) is 9.69 Å². The number of benzene rings is 3. The van der Waals surface area contributed by atoms with Crippen LogP contribution in [0.4, 0.5) is 0 Å². The van der Waals surface area contributed by atoms with Gasteiger partial charge in [-0.25, -0.2) is 8.42 Å². The summed E-state index contributed by atoms with van der Waals surface area (Å²) >= 11 is 12.3. The highest BCUT2D eigenvalue weighted by Crippen LogP contribution is 2.28. The number of piperazine rings is 1. The third-order valence-corrected chi connectivity index (χ3v) is 8.85. The van der Waals surface area contributed by atoms with Gasteiger partial charge >= 0.3 is 0 Å². The highest BCUT2D eigenvalue weighted by molar-refractivity contribution is 7.89. The van der Waals surface area contributed by atoms with E-state index in [0.717, 1.165) is 25.2 Å². The maximum atomic E-state index is 13.6. The predicted molar refractivity (Wildman–Crippen MR) is 144 cm³/mol. The van der Waals surface area contributed by atoms with Gasteiger partial charge in [0, 0.05) is 44.3 Å². The van der Waals surface area contributed by atoms with Crippen LogP contribution < -0.4 is 0 Å². The second-order valence-electron chi connectivity index (χ2n) is 8.79. The lowest BCUT2D eigenvalue weighted by Gasteiger charge is -2.35. The molecule has 3 aromatic carbocycles. The highest BCUT2D eigenvalue weighted by Gasteiger charge is 2.31. The summed E-state index contributed by atoms with van der Waals surface area (Å²) in [6.45, 7) is 3.29. The van der Waals surface area contributed by atoms with Gasteiger partial charge in [-0.2, -0.15) is 4.31 Å². The Morgan fingerprint density at radius 1 is 0.833 bits per heavy atom. The Hall–Kier alpha value is -2.42. The minimum atomic E-state index is -4.05. The third-order valence-electron chi connectivity index (χ3n) is 6.29. The Labute approximate surface area is 223 Å². The quantitative estimate of drug-likeness (QED) is 0.395. The van der Waals surface area contributed by atoms with E-state index < -0.39 is 10.0 Å². The predicted octanol–water partition coefficient (Wildman–Crippen LogP) is 4.57. The Bertz CT molecular complexity index is 1270. The van der Waals surface area contributed by atoms with Crippen LogP contribution in [-0.4, -0.2) is 67.7 Å². The van der Waals surface area contributed by atoms with Crippen LogP contribution in [0.5, 0.6) is 0 Å². The number of sulfonamides is 1. The van der Waals surface area contributed by atoms with E-state index in [9.17, 15) is 13.2 Å². The molecule has 1 saturated heterocycles. The molecule has 0 bridgehead atoms. The molecule has 0 saturated carbocycles. The van der Waals surface area contributed by atoms with Crippen molar-refractivity contribution >= 4 is 39.1 Å². The van der Waals surface area contributed by atoms with Crippen molar-refractivity contribution in [2.75, 3.05) is 39.3 Å². The van der Waals surface area contributed by atoms with E-state index >= 15 is 0 Å². The first-order valence-corrected chi connectivity index (χ1v) is 14.1. The Morgan fingerprint density at radius 3 is 2.08 bits per heavy atom. The minimum Gasteiger partial charge on any atom is -0.339 e. The molecule has 3 aromatic rings. The van der Waals surface area contributed by atoms with Gasteiger partial charge in [-0.15, -0.1) is 0 Å². The van der Waals surface area contributed by atoms with Crippen LogP contribution in [0.15, 0.2) is 83.8 Å². The van der Waals surface area contributed by atoms with Gasteiger partial charge in [-0.05, 0) is 35.7 Å². The molecule has 0 radical (unpaired) electrons. The van der Waals surface area contributed by atoms with E-state index in [1.165, 1.54) is 28.1 Å². The Kier molecular flexibility index (Phi) is 9.04. The van der Waals surface area contributed by atoms with Crippen molar-refractivity contribution in [2.24, 2.45) is 0 Å². The molecule has 6 nitrogen and oxygen atoms in total. The number of amides is 1. The van der Waals surface area contributed by atoms with Crippen molar-refractivity contribution < 1.29 is 13.2 Å². The number of rotatable bonds is 9. The smallest absolute Gasteiger partial charge is 0.245 e. The van der Waals surface area contributed by atoms with E-state index in [4.69, 9.17) is 23.2 Å². The fourth-order valence-electron chi connectivity index (χ4n) is 4.24. The lowest BCUT2D eigenvalue weighted by molar-refractivity contribution is -0.133. The molecule has 1 aliphatic rings. The summed E-state index contributed by atoms with van der Waals surface area (Å²) in [6, 6.07) is 24.1. The first-order chi connectivity index (χ1) is 17.3. The second kappa shape index (κ2) is 12.2. The van der Waals surface area contributed by atoms with Gasteiger partial charge in [0.25, 0.3) is 0 Å². The molecule has 190 valence electrons. The van der Waals surface area contributed by atoms with Gasteiger partial charge in [-0.1, -0.05) is 83.9 Å². The average Bonchev–Trinajstić information content (AvgIpc) is 2.89. The molecule has 36 heavy (non-hydrogen) atoms. The number of halogens is 2. The molecule has 0 N–H and O–H groups in total. The summed E-state index contributed by atoms with van der Waals surface area (Å²) in [5.74, 6) is -0.218. The Balaban J connectivity index is 1.46. The molecular formula is C27H29Cl2N3O3S. The van der Waals surface area contributed by atoms with E-state index in [-0.39, 0.29) is 33.9 Å². The first-order valence-electron chi connectivity index (χ1n) is 11.9. The first kappa shape index (κ1) is 26.6. The number of hydrogen-bond donors (Lipinski definition) is 0. The molecule has 1 amide bonds. The van der Waals surface area contributed by atoms with Gasteiger partial charge < -0.3 is 4.90 Å². The van der Waals surface area contributed by atoms with E-state index in [0.29, 0.717) is 19.5 Å². The zero-order valence-corrected chi connectivity index (χ0v) is 22.2. The zero-order valence-electron chi connectivity index (χ0n) is 19.9. The van der Waals surface area contributed by atoms with Crippen LogP contribution in [0.1, 0.15) is 11.1 Å². The summed E-state index contributed by atoms with van der Waals surface area (Å²) in [7, 11) is -4.05. The maximum Gasteiger partial charge on any atom is 0.245 e. The van der Waals surface area contributed by atoms with Crippen molar-refractivity contribution in [3.05, 3.63) is 100 Å². The van der Waals surface area contributed by atoms with Crippen LogP contribution in [0.25, 0.3) is 0 Å². The number of carbonyl (C=O) groups is 1. The fourth-order valence-corrected chi connectivity index (χ4v) is 6.37. The van der Waals surface area contributed by atoms with Crippen molar-refractivity contribution in [1.82, 2.24) is 14.1 Å². The topological polar surface area (TPSA) is 60.9 Å². The molecule has 1 aliphatic heterocycles. The largest absolute Gasteiger partial charge is 0.339 e. The van der Waals surface area contributed by atoms with Crippen LogP contribution in [0.2, 0.25) is 10.0 Å². The fraction of sp³-hybridized carbons (Fsp3) is 0.296. The van der Waals surface area contributed by atoms with Crippen molar-refractivity contribution in [2.45, 2.75) is 17.9 Å². The SMILES string of the molecule is O=C(CN(CCc1ccccc1)S(=O)(=O)c1cc(Cl)ccc1Cl)N1CCN(Cc2ccccc2)CC1. The minimum absolute atomic E-state index is 0.0751. The average molecular weight is 547 g/mol. The molecule has 4 rings (SSSR count). The van der Waals surface area contributed by atoms with E-state index in [2.05, 4.69) is 17.0 Å². The lowest BCUT2D eigenvalue weighted by Crippen LogP contribution is -2.51. The molecule has 9 heteroatoms. The second-order valence-corrected chi connectivity index (χ2v) is 11.5. The molecule has 0 spiro atoms. The monoisotopic (exact) mass is 545 g/mol. The number of nitrogens with zero attached hydrogens (tertiary/aromatic N) is 3. The summed E-state index contributed by atoms with van der Waals surface area (Å²) in [6.07, 6.45) is 0.469. The van der Waals surface area contributed by atoms with Crippen LogP contribution in [0.3, 0.4) is 0 Å². The summed E-state index contributed by atoms with van der Waals surface area (Å²) < 4.78 is 28.4. The van der Waals surface area contributed by atoms with Gasteiger partial charge in [0.05, 0.1) is 11.6 Å². The number of carbonyl (C=O) groups excluding carboxylic acids is 1. The van der Waals surface area contributed by atoms with Gasteiger partial charge in [0.2, 0.25) is 15.9 Å². The molecule has 0 aliphatic carbocycles. The maximum absolute atomic E-state index is 13.6.